The monoisotopic (exact) mass is 639 g/mol. The fourth-order valence-electron chi connectivity index (χ4n) is 7.94. The van der Waals surface area contributed by atoms with Crippen molar-refractivity contribution in [1.29, 1.82) is 0 Å². The molecule has 46 heavy (non-hydrogen) atoms. The Morgan fingerprint density at radius 3 is 2.67 bits per heavy atom. The van der Waals surface area contributed by atoms with Crippen molar-refractivity contribution in [1.82, 2.24) is 0 Å². The zero-order valence-corrected chi connectivity index (χ0v) is 28.7. The maximum atomic E-state index is 14.2. The van der Waals surface area contributed by atoms with Crippen molar-refractivity contribution in [2.45, 2.75) is 122 Å². The van der Waals surface area contributed by atoms with Gasteiger partial charge in [-0.05, 0) is 62.2 Å². The first-order valence-corrected chi connectivity index (χ1v) is 16.8. The summed E-state index contributed by atoms with van der Waals surface area (Å²) in [4.78, 5) is 19.4. The second-order valence-electron chi connectivity index (χ2n) is 14.5. The molecule has 9 nitrogen and oxygen atoms in total. The molecule has 4 heterocycles. The predicted molar refractivity (Wildman–Crippen MR) is 176 cm³/mol. The summed E-state index contributed by atoms with van der Waals surface area (Å²) in [5.74, 6) is -2.15. The van der Waals surface area contributed by atoms with Crippen LogP contribution in [0, 0.1) is 23.7 Å². The molecule has 2 bridgehead atoms. The minimum absolute atomic E-state index is 0.0340. The molecule has 3 fully saturated rings. The van der Waals surface area contributed by atoms with E-state index in [2.05, 4.69) is 64.9 Å². The number of esters is 1. The SMILES string of the molecule is CO/N=C1\CC2(C[C@@H]3C[C@@H](C/C=C(\C)C[C@@H](C)/C=C/C=C4\CO[C@@H]5[C@H](O)C(C)=C[C@@H](C(=O)O3)[C@]45O)O2)OC(/C(C)=C/C(C)C)[C@H]1C. The lowest BCUT2D eigenvalue weighted by Crippen LogP contribution is -2.59. The van der Waals surface area contributed by atoms with E-state index in [9.17, 15) is 15.0 Å². The molecule has 254 valence electrons. The maximum Gasteiger partial charge on any atom is 0.316 e. The van der Waals surface area contributed by atoms with E-state index in [-0.39, 0.29) is 30.7 Å². The second-order valence-corrected chi connectivity index (χ2v) is 14.5. The van der Waals surface area contributed by atoms with Gasteiger partial charge in [-0.3, -0.25) is 4.79 Å². The van der Waals surface area contributed by atoms with Gasteiger partial charge < -0.3 is 34.0 Å². The summed E-state index contributed by atoms with van der Waals surface area (Å²) >= 11 is 0. The first kappa shape index (κ1) is 34.8. The molecule has 0 saturated carbocycles. The molecule has 0 amide bonds. The van der Waals surface area contributed by atoms with Gasteiger partial charge in [0.2, 0.25) is 0 Å². The number of hydrogen-bond acceptors (Lipinski definition) is 9. The average Bonchev–Trinajstić information content (AvgIpc) is 3.31. The smallest absolute Gasteiger partial charge is 0.316 e. The van der Waals surface area contributed by atoms with Crippen LogP contribution in [0.2, 0.25) is 0 Å². The highest BCUT2D eigenvalue weighted by atomic mass is 16.7. The highest BCUT2D eigenvalue weighted by Crippen LogP contribution is 2.47. The number of aliphatic hydroxyl groups is 2. The lowest BCUT2D eigenvalue weighted by Gasteiger charge is -2.50. The Morgan fingerprint density at radius 2 is 1.96 bits per heavy atom. The Labute approximate surface area is 274 Å². The van der Waals surface area contributed by atoms with E-state index in [1.807, 2.05) is 12.2 Å². The predicted octanol–water partition coefficient (Wildman–Crippen LogP) is 5.73. The fourth-order valence-corrected chi connectivity index (χ4v) is 7.94. The summed E-state index contributed by atoms with van der Waals surface area (Å²) in [5, 5.41) is 27.6. The van der Waals surface area contributed by atoms with E-state index in [1.54, 1.807) is 20.1 Å². The molecule has 1 spiro atoms. The molecule has 5 aliphatic rings. The van der Waals surface area contributed by atoms with Crippen LogP contribution in [0.4, 0.5) is 0 Å². The van der Waals surface area contributed by atoms with Gasteiger partial charge in [0.1, 0.15) is 36.9 Å². The summed E-state index contributed by atoms with van der Waals surface area (Å²) in [5.41, 5.74) is 2.54. The minimum atomic E-state index is -1.74. The zero-order valence-electron chi connectivity index (χ0n) is 28.7. The van der Waals surface area contributed by atoms with Gasteiger partial charge >= 0.3 is 5.97 Å². The first-order chi connectivity index (χ1) is 21.8. The van der Waals surface area contributed by atoms with E-state index in [4.69, 9.17) is 23.8 Å². The molecule has 9 heteroatoms. The summed E-state index contributed by atoms with van der Waals surface area (Å²) < 4.78 is 26.0. The molecular weight excluding hydrogens is 586 g/mol. The van der Waals surface area contributed by atoms with Crippen LogP contribution in [0.1, 0.15) is 80.6 Å². The Hall–Kier alpha value is -2.56. The number of carbonyl (C=O) groups is 1. The Morgan fingerprint density at radius 1 is 1.20 bits per heavy atom. The molecule has 10 atom stereocenters. The van der Waals surface area contributed by atoms with Crippen molar-refractivity contribution < 1.29 is 38.8 Å². The van der Waals surface area contributed by atoms with Crippen molar-refractivity contribution in [3.05, 3.63) is 58.7 Å². The summed E-state index contributed by atoms with van der Waals surface area (Å²) in [6.45, 7) is 14.6. The number of ether oxygens (including phenoxy) is 4. The van der Waals surface area contributed by atoms with E-state index < -0.39 is 41.6 Å². The topological polar surface area (TPSA) is 116 Å². The largest absolute Gasteiger partial charge is 0.462 e. The third kappa shape index (κ3) is 6.99. The van der Waals surface area contributed by atoms with Crippen molar-refractivity contribution in [2.24, 2.45) is 28.8 Å². The van der Waals surface area contributed by atoms with Crippen LogP contribution in [0.25, 0.3) is 0 Å². The summed E-state index contributed by atoms with van der Waals surface area (Å²) in [6, 6.07) is 0. The van der Waals surface area contributed by atoms with E-state index >= 15 is 0 Å². The minimum Gasteiger partial charge on any atom is -0.462 e. The van der Waals surface area contributed by atoms with Gasteiger partial charge in [0.05, 0.1) is 24.5 Å². The molecule has 2 unspecified atom stereocenters. The zero-order chi connectivity index (χ0) is 33.4. The number of carbonyl (C=O) groups excluding carboxylic acids is 1. The fraction of sp³-hybridized carbons (Fsp3) is 0.676. The summed E-state index contributed by atoms with van der Waals surface area (Å²) in [6.07, 6.45) is 11.4. The molecule has 1 aliphatic carbocycles. The lowest BCUT2D eigenvalue weighted by molar-refractivity contribution is -0.313. The van der Waals surface area contributed by atoms with Crippen LogP contribution in [0.3, 0.4) is 0 Å². The van der Waals surface area contributed by atoms with Crippen molar-refractivity contribution in [2.75, 3.05) is 13.7 Å². The van der Waals surface area contributed by atoms with Crippen LogP contribution < -0.4 is 0 Å². The van der Waals surface area contributed by atoms with Crippen molar-refractivity contribution >= 4 is 11.7 Å². The molecule has 4 aliphatic heterocycles. The molecule has 3 saturated heterocycles. The average molecular weight is 640 g/mol. The van der Waals surface area contributed by atoms with Gasteiger partial charge in [-0.15, -0.1) is 0 Å². The summed E-state index contributed by atoms with van der Waals surface area (Å²) in [7, 11) is 1.55. The van der Waals surface area contributed by atoms with Crippen LogP contribution in [-0.4, -0.2) is 77.5 Å². The second kappa shape index (κ2) is 13.9. The molecule has 0 aromatic heterocycles. The first-order valence-electron chi connectivity index (χ1n) is 16.8. The van der Waals surface area contributed by atoms with E-state index in [0.717, 1.165) is 17.7 Å². The lowest BCUT2D eigenvalue weighted by atomic mass is 9.71. The molecule has 0 aromatic carbocycles. The van der Waals surface area contributed by atoms with Crippen LogP contribution in [0.15, 0.2) is 63.9 Å². The maximum absolute atomic E-state index is 14.2. The number of allylic oxidation sites excluding steroid dienone is 5. The van der Waals surface area contributed by atoms with Gasteiger partial charge in [-0.1, -0.05) is 74.9 Å². The number of nitrogens with zero attached hydrogens (tertiary/aromatic N) is 1. The van der Waals surface area contributed by atoms with Gasteiger partial charge in [0.15, 0.2) is 5.79 Å². The number of rotatable bonds is 3. The van der Waals surface area contributed by atoms with Crippen molar-refractivity contribution in [3.63, 3.8) is 0 Å². The number of fused-ring (bicyclic) bond motifs is 2. The van der Waals surface area contributed by atoms with E-state index in [1.165, 1.54) is 5.57 Å². The molecule has 0 radical (unpaired) electrons. The van der Waals surface area contributed by atoms with Crippen LogP contribution >= 0.6 is 0 Å². The molecule has 0 aromatic rings. The van der Waals surface area contributed by atoms with Crippen LogP contribution in [-0.2, 0) is 28.6 Å². The van der Waals surface area contributed by atoms with Gasteiger partial charge in [-0.2, -0.15) is 0 Å². The number of aliphatic hydroxyl groups excluding tert-OH is 1. The molecule has 2 N–H and O–H groups in total. The third-order valence-electron chi connectivity index (χ3n) is 10.1. The van der Waals surface area contributed by atoms with Gasteiger partial charge in [-0.25, -0.2) is 0 Å². The van der Waals surface area contributed by atoms with Crippen LogP contribution in [0.5, 0.6) is 0 Å². The van der Waals surface area contributed by atoms with Gasteiger partial charge in [0, 0.05) is 25.2 Å². The quantitative estimate of drug-likeness (QED) is 0.229. The van der Waals surface area contributed by atoms with Crippen molar-refractivity contribution in [3.8, 4) is 0 Å². The Bertz CT molecular complexity index is 1340. The molecular formula is C37H53NO8. The Kier molecular flexibility index (Phi) is 10.5. The highest BCUT2D eigenvalue weighted by molar-refractivity contribution is 5.88. The molecule has 5 rings (SSSR count). The third-order valence-corrected chi connectivity index (χ3v) is 10.1. The normalized spacial score (nSPS) is 44.5. The highest BCUT2D eigenvalue weighted by Gasteiger charge is 2.60. The Balaban J connectivity index is 1.55. The number of hydrogen-bond donors (Lipinski definition) is 2. The number of oxime groups is 1. The van der Waals surface area contributed by atoms with Gasteiger partial charge in [0.25, 0.3) is 0 Å². The standard InChI is InChI=1S/C37H53NO8/c1-21(2)14-25(6)33-26(7)31(38-42-8)19-36(46-33)18-29-17-28(45-36)13-12-23(4)15-22(3)10-9-11-27-20-43-34-32(39)24(5)16-30(35(40)44-29)37(27,34)41/h9-12,14,16,21-22,26,28-30,32-34,39,41H,13,15,17-20H2,1-8H3/b10-9+,23-12+,25-14+,27-11+,38-31+/t22-,26-,28+,29-,30-,32+,33?,34+,36?,37+/m0/s1. The van der Waals surface area contributed by atoms with E-state index in [0.29, 0.717) is 42.7 Å².